The second kappa shape index (κ2) is 8.26. The molecule has 0 aliphatic heterocycles. The lowest BCUT2D eigenvalue weighted by Crippen LogP contribution is -1.86. The number of rotatable bonds is 7. The molecule has 96 valence electrons. The van der Waals surface area contributed by atoms with Gasteiger partial charge in [-0.3, -0.25) is 10.1 Å². The highest BCUT2D eigenvalue weighted by Crippen LogP contribution is 2.12. The van der Waals surface area contributed by atoms with Gasteiger partial charge in [-0.05, 0) is 42.7 Å². The third-order valence-corrected chi connectivity index (χ3v) is 2.67. The first-order chi connectivity index (χ1) is 8.74. The van der Waals surface area contributed by atoms with E-state index in [1.807, 2.05) is 12.2 Å². The molecule has 18 heavy (non-hydrogen) atoms. The third-order valence-electron chi connectivity index (χ3n) is 2.67. The Morgan fingerprint density at radius 1 is 1.22 bits per heavy atom. The summed E-state index contributed by atoms with van der Waals surface area (Å²) in [6, 6.07) is 6.48. The topological polar surface area (TPSA) is 43.1 Å². The van der Waals surface area contributed by atoms with E-state index in [0.717, 1.165) is 12.0 Å². The summed E-state index contributed by atoms with van der Waals surface area (Å²) < 4.78 is 0. The molecule has 1 aromatic carbocycles. The number of nitro groups is 1. The molecule has 0 saturated carbocycles. The van der Waals surface area contributed by atoms with Crippen LogP contribution in [0.4, 0.5) is 5.69 Å². The Balaban J connectivity index is 2.41. The van der Waals surface area contributed by atoms with Gasteiger partial charge in [-0.1, -0.05) is 26.2 Å². The molecule has 1 rings (SSSR count). The Morgan fingerprint density at radius 2 is 1.94 bits per heavy atom. The molecule has 0 aliphatic carbocycles. The highest BCUT2D eigenvalue weighted by molar-refractivity contribution is 5.51. The van der Waals surface area contributed by atoms with Crippen LogP contribution in [-0.4, -0.2) is 4.92 Å². The minimum atomic E-state index is -0.392. The van der Waals surface area contributed by atoms with Crippen molar-refractivity contribution in [2.75, 3.05) is 0 Å². The highest BCUT2D eigenvalue weighted by atomic mass is 16.6. The molecule has 0 aromatic heterocycles. The van der Waals surface area contributed by atoms with Gasteiger partial charge < -0.3 is 0 Å². The lowest BCUT2D eigenvalue weighted by molar-refractivity contribution is -0.384. The van der Waals surface area contributed by atoms with E-state index in [1.165, 1.54) is 37.8 Å². The highest BCUT2D eigenvalue weighted by Gasteiger charge is 2.01. The molecule has 0 unspecified atom stereocenters. The maximum atomic E-state index is 10.5. The molecule has 0 saturated heterocycles. The average Bonchev–Trinajstić information content (AvgIpc) is 2.38. The molecular weight excluding hydrogens is 226 g/mol. The van der Waals surface area contributed by atoms with Crippen LogP contribution in [0.1, 0.15) is 44.6 Å². The molecule has 0 spiro atoms. The summed E-state index contributed by atoms with van der Waals surface area (Å²) >= 11 is 0. The van der Waals surface area contributed by atoms with E-state index in [9.17, 15) is 10.1 Å². The van der Waals surface area contributed by atoms with Gasteiger partial charge in [-0.2, -0.15) is 0 Å². The van der Waals surface area contributed by atoms with Crippen LogP contribution in [-0.2, 0) is 0 Å². The van der Waals surface area contributed by atoms with Crippen LogP contribution in [0.25, 0.3) is 6.08 Å². The van der Waals surface area contributed by atoms with Crippen molar-refractivity contribution < 1.29 is 4.92 Å². The summed E-state index contributed by atoms with van der Waals surface area (Å²) in [5, 5.41) is 10.5. The predicted molar refractivity (Wildman–Crippen MR) is 74.4 cm³/mol. The molecule has 0 aliphatic rings. The van der Waals surface area contributed by atoms with Gasteiger partial charge in [0.05, 0.1) is 4.92 Å². The fourth-order valence-electron chi connectivity index (χ4n) is 1.60. The van der Waals surface area contributed by atoms with Gasteiger partial charge in [-0.25, -0.2) is 0 Å². The smallest absolute Gasteiger partial charge is 0.258 e. The largest absolute Gasteiger partial charge is 0.269 e. The van der Waals surface area contributed by atoms with E-state index in [4.69, 9.17) is 0 Å². The Bertz CT molecular complexity index is 428. The molecule has 1 aromatic rings. The van der Waals surface area contributed by atoms with Gasteiger partial charge in [-0.15, -0.1) is 5.73 Å². The summed E-state index contributed by atoms with van der Waals surface area (Å²) in [6.07, 6.45) is 9.94. The average molecular weight is 245 g/mol. The number of unbranched alkanes of at least 4 members (excludes halogenated alkanes) is 4. The Morgan fingerprint density at radius 3 is 2.56 bits per heavy atom. The van der Waals surface area contributed by atoms with Crippen LogP contribution in [0.15, 0.2) is 36.1 Å². The van der Waals surface area contributed by atoms with Gasteiger partial charge in [0, 0.05) is 12.1 Å². The maximum absolute atomic E-state index is 10.5. The third kappa shape index (κ3) is 5.46. The number of hydrogen-bond donors (Lipinski definition) is 0. The van der Waals surface area contributed by atoms with E-state index < -0.39 is 4.92 Å². The van der Waals surface area contributed by atoms with E-state index in [2.05, 4.69) is 12.7 Å². The second-order valence-electron chi connectivity index (χ2n) is 4.21. The van der Waals surface area contributed by atoms with Gasteiger partial charge in [0.2, 0.25) is 0 Å². The second-order valence-corrected chi connectivity index (χ2v) is 4.21. The fourth-order valence-corrected chi connectivity index (χ4v) is 1.60. The summed E-state index contributed by atoms with van der Waals surface area (Å²) in [5.41, 5.74) is 4.16. The number of nitrogens with zero attached hydrogens (tertiary/aromatic N) is 1. The maximum Gasteiger partial charge on any atom is 0.269 e. The molecule has 3 heteroatoms. The van der Waals surface area contributed by atoms with Crippen molar-refractivity contribution in [3.8, 4) is 0 Å². The number of allylic oxidation sites excluding steroid dienone is 1. The molecule has 0 heterocycles. The summed E-state index contributed by atoms with van der Waals surface area (Å²) in [4.78, 5) is 10.1. The zero-order valence-corrected chi connectivity index (χ0v) is 10.8. The number of non-ortho nitro benzene ring substituents is 1. The minimum absolute atomic E-state index is 0.121. The zero-order chi connectivity index (χ0) is 13.2. The van der Waals surface area contributed by atoms with Crippen LogP contribution in [0.3, 0.4) is 0 Å². The van der Waals surface area contributed by atoms with Gasteiger partial charge >= 0.3 is 0 Å². The van der Waals surface area contributed by atoms with Crippen molar-refractivity contribution in [3.05, 3.63) is 51.8 Å². The molecular formula is C15H19NO2. The van der Waals surface area contributed by atoms with E-state index in [-0.39, 0.29) is 5.69 Å². The molecule has 0 radical (unpaired) electrons. The van der Waals surface area contributed by atoms with E-state index in [1.54, 1.807) is 12.1 Å². The number of nitro benzene ring substituents is 1. The predicted octanol–water partition coefficient (Wildman–Crippen LogP) is 4.73. The Labute approximate surface area is 108 Å². The molecule has 0 bridgehead atoms. The van der Waals surface area contributed by atoms with Crippen LogP contribution in [0.5, 0.6) is 0 Å². The fraction of sp³-hybridized carbons (Fsp3) is 0.400. The Kier molecular flexibility index (Phi) is 6.52. The van der Waals surface area contributed by atoms with Crippen molar-refractivity contribution in [2.24, 2.45) is 0 Å². The number of benzene rings is 1. The van der Waals surface area contributed by atoms with Crippen molar-refractivity contribution in [3.63, 3.8) is 0 Å². The normalized spacial score (nSPS) is 9.61. The zero-order valence-electron chi connectivity index (χ0n) is 10.8. The van der Waals surface area contributed by atoms with Crippen LogP contribution in [0, 0.1) is 10.1 Å². The van der Waals surface area contributed by atoms with E-state index in [0.29, 0.717) is 0 Å². The van der Waals surface area contributed by atoms with Crippen molar-refractivity contribution >= 4 is 11.8 Å². The van der Waals surface area contributed by atoms with Gasteiger partial charge in [0.25, 0.3) is 5.69 Å². The molecule has 0 N–H and O–H groups in total. The first-order valence-electron chi connectivity index (χ1n) is 6.39. The van der Waals surface area contributed by atoms with Crippen LogP contribution in [0.2, 0.25) is 0 Å². The molecule has 0 atom stereocenters. The van der Waals surface area contributed by atoms with Crippen molar-refractivity contribution in [2.45, 2.75) is 39.0 Å². The monoisotopic (exact) mass is 245 g/mol. The lowest BCUT2D eigenvalue weighted by Gasteiger charge is -1.93. The molecule has 3 nitrogen and oxygen atoms in total. The number of hydrogen-bond acceptors (Lipinski definition) is 2. The summed E-state index contributed by atoms with van der Waals surface area (Å²) in [7, 11) is 0. The first kappa shape index (κ1) is 14.2. The standard InChI is InChI=1S/C15H19NO2/c1-2-3-4-5-6-7-8-9-14-10-12-15(13-11-14)16(17)18/h7,9-13H,2-6H2,1H3. The van der Waals surface area contributed by atoms with Gasteiger partial charge in [0.1, 0.15) is 0 Å². The van der Waals surface area contributed by atoms with E-state index >= 15 is 0 Å². The Hall–Kier alpha value is -1.86. The summed E-state index contributed by atoms with van der Waals surface area (Å²) in [6.45, 7) is 2.20. The van der Waals surface area contributed by atoms with Crippen LogP contribution >= 0.6 is 0 Å². The SMILES string of the molecule is CCCCCCC=C=Cc1ccc([N+](=O)[O-])cc1. The quantitative estimate of drug-likeness (QED) is 0.301. The molecule has 0 fully saturated rings. The van der Waals surface area contributed by atoms with Crippen molar-refractivity contribution in [1.29, 1.82) is 0 Å². The van der Waals surface area contributed by atoms with Crippen molar-refractivity contribution in [1.82, 2.24) is 0 Å². The van der Waals surface area contributed by atoms with Crippen LogP contribution < -0.4 is 0 Å². The summed E-state index contributed by atoms with van der Waals surface area (Å²) in [5.74, 6) is 0. The van der Waals surface area contributed by atoms with Gasteiger partial charge in [0.15, 0.2) is 0 Å². The minimum Gasteiger partial charge on any atom is -0.258 e. The lowest BCUT2D eigenvalue weighted by atomic mass is 10.1. The molecule has 0 amide bonds. The first-order valence-corrected chi connectivity index (χ1v) is 6.39.